The minimum absolute atomic E-state index is 0.0675. The number of ether oxygens (including phenoxy) is 2. The molecule has 3 heterocycles. The van der Waals surface area contributed by atoms with Crippen LogP contribution < -0.4 is 14.8 Å². The van der Waals surface area contributed by atoms with Crippen LogP contribution in [0, 0.1) is 6.92 Å². The number of aryl methyl sites for hydroxylation is 1. The number of nitrogens with zero attached hydrogens (tertiary/aromatic N) is 3. The molecule has 2 amide bonds. The van der Waals surface area contributed by atoms with Gasteiger partial charge in [0.1, 0.15) is 5.01 Å². The Bertz CT molecular complexity index is 1160. The third kappa shape index (κ3) is 4.16. The Morgan fingerprint density at radius 3 is 2.78 bits per heavy atom. The molecule has 2 aliphatic rings. The van der Waals surface area contributed by atoms with E-state index in [4.69, 9.17) is 9.47 Å². The van der Waals surface area contributed by atoms with Gasteiger partial charge in [-0.05, 0) is 37.5 Å². The Morgan fingerprint density at radius 1 is 1.12 bits per heavy atom. The van der Waals surface area contributed by atoms with Gasteiger partial charge < -0.3 is 19.7 Å². The molecule has 8 nitrogen and oxygen atoms in total. The molecule has 5 rings (SSSR count). The Hall–Kier alpha value is -3.46. The van der Waals surface area contributed by atoms with Crippen molar-refractivity contribution in [2.45, 2.75) is 32.2 Å². The molecule has 2 aromatic carbocycles. The van der Waals surface area contributed by atoms with Crippen molar-refractivity contribution in [3.63, 3.8) is 0 Å². The molecule has 164 valence electrons. The van der Waals surface area contributed by atoms with Crippen LogP contribution >= 0.6 is 11.3 Å². The number of amides is 2. The molecule has 0 unspecified atom stereocenters. The number of rotatable bonds is 5. The second-order valence-corrected chi connectivity index (χ2v) is 8.88. The lowest BCUT2D eigenvalue weighted by molar-refractivity contribution is -0.131. The zero-order chi connectivity index (χ0) is 22.1. The summed E-state index contributed by atoms with van der Waals surface area (Å²) in [5.74, 6) is 0.966. The lowest BCUT2D eigenvalue weighted by Gasteiger charge is -2.22. The molecule has 1 atom stereocenters. The summed E-state index contributed by atoms with van der Waals surface area (Å²) in [6, 6.07) is 13.1. The Kier molecular flexibility index (Phi) is 5.48. The van der Waals surface area contributed by atoms with Gasteiger partial charge in [-0.1, -0.05) is 41.2 Å². The first kappa shape index (κ1) is 20.4. The normalized spacial score (nSPS) is 16.9. The number of fused-ring (bicyclic) bond motifs is 1. The van der Waals surface area contributed by atoms with Crippen LogP contribution in [0.2, 0.25) is 0 Å². The first-order chi connectivity index (χ1) is 15.6. The molecule has 2 aliphatic heterocycles. The van der Waals surface area contributed by atoms with E-state index in [1.807, 2.05) is 36.1 Å². The maximum Gasteiger partial charge on any atom is 0.286 e. The van der Waals surface area contributed by atoms with Crippen molar-refractivity contribution in [3.05, 3.63) is 63.6 Å². The molecule has 1 fully saturated rings. The van der Waals surface area contributed by atoms with E-state index < -0.39 is 0 Å². The van der Waals surface area contributed by atoms with Gasteiger partial charge in [-0.25, -0.2) is 0 Å². The fraction of sp³-hybridized carbons (Fsp3) is 0.304. The van der Waals surface area contributed by atoms with Crippen molar-refractivity contribution in [1.82, 2.24) is 15.1 Å². The Labute approximate surface area is 189 Å². The van der Waals surface area contributed by atoms with Gasteiger partial charge in [0.05, 0.1) is 12.5 Å². The van der Waals surface area contributed by atoms with Crippen LogP contribution in [-0.4, -0.2) is 40.2 Å². The standard InChI is InChI=1S/C23H22N4O4S/c1-14-4-6-15(7-5-14)11-20(28)27-10-2-3-17(27)22-25-26-23(32-22)21(29)24-16-8-9-18-19(12-16)31-13-30-18/h4-9,12,17H,2-3,10-11,13H2,1H3,(H,24,29)/t17-/m0/s1. The van der Waals surface area contributed by atoms with Crippen molar-refractivity contribution < 1.29 is 19.1 Å². The number of carbonyl (C=O) groups is 2. The van der Waals surface area contributed by atoms with Crippen molar-refractivity contribution in [1.29, 1.82) is 0 Å². The zero-order valence-corrected chi connectivity index (χ0v) is 18.4. The Balaban J connectivity index is 1.26. The molecule has 0 radical (unpaired) electrons. The van der Waals surface area contributed by atoms with Crippen LogP contribution in [0.3, 0.4) is 0 Å². The third-order valence-corrected chi connectivity index (χ3v) is 6.62. The highest BCUT2D eigenvalue weighted by molar-refractivity contribution is 7.13. The van der Waals surface area contributed by atoms with Crippen LogP contribution in [0.1, 0.15) is 44.8 Å². The van der Waals surface area contributed by atoms with Gasteiger partial charge in [0.2, 0.25) is 17.7 Å². The minimum atomic E-state index is -0.344. The lowest BCUT2D eigenvalue weighted by Crippen LogP contribution is -2.31. The van der Waals surface area contributed by atoms with E-state index in [0.717, 1.165) is 18.4 Å². The highest BCUT2D eigenvalue weighted by atomic mass is 32.1. The van der Waals surface area contributed by atoms with E-state index >= 15 is 0 Å². The van der Waals surface area contributed by atoms with Crippen LogP contribution in [-0.2, 0) is 11.2 Å². The zero-order valence-electron chi connectivity index (χ0n) is 17.5. The summed E-state index contributed by atoms with van der Waals surface area (Å²) < 4.78 is 10.6. The highest BCUT2D eigenvalue weighted by Crippen LogP contribution is 2.36. The second-order valence-electron chi connectivity index (χ2n) is 7.88. The Morgan fingerprint density at radius 2 is 1.94 bits per heavy atom. The molecular formula is C23H22N4O4S. The average Bonchev–Trinajstić information content (AvgIpc) is 3.54. The number of hydrogen-bond donors (Lipinski definition) is 1. The maximum atomic E-state index is 12.9. The molecule has 1 N–H and O–H groups in total. The first-order valence-corrected chi connectivity index (χ1v) is 11.3. The van der Waals surface area contributed by atoms with Gasteiger partial charge >= 0.3 is 0 Å². The average molecular weight is 451 g/mol. The largest absolute Gasteiger partial charge is 0.454 e. The van der Waals surface area contributed by atoms with Gasteiger partial charge in [-0.3, -0.25) is 9.59 Å². The second kappa shape index (κ2) is 8.58. The summed E-state index contributed by atoms with van der Waals surface area (Å²) in [5.41, 5.74) is 2.75. The highest BCUT2D eigenvalue weighted by Gasteiger charge is 2.33. The van der Waals surface area contributed by atoms with E-state index in [-0.39, 0.29) is 29.7 Å². The van der Waals surface area contributed by atoms with Crippen LogP contribution in [0.25, 0.3) is 0 Å². The van der Waals surface area contributed by atoms with E-state index in [1.54, 1.807) is 18.2 Å². The number of carbonyl (C=O) groups excluding carboxylic acids is 2. The molecule has 1 aromatic heterocycles. The summed E-state index contributed by atoms with van der Waals surface area (Å²) >= 11 is 1.23. The van der Waals surface area contributed by atoms with Crippen molar-refractivity contribution >= 4 is 28.8 Å². The quantitative estimate of drug-likeness (QED) is 0.637. The van der Waals surface area contributed by atoms with Gasteiger partial charge in [-0.15, -0.1) is 10.2 Å². The van der Waals surface area contributed by atoms with Crippen molar-refractivity contribution in [2.75, 3.05) is 18.7 Å². The number of likely N-dealkylation sites (tertiary alicyclic amines) is 1. The van der Waals surface area contributed by atoms with E-state index in [1.165, 1.54) is 16.9 Å². The predicted molar refractivity (Wildman–Crippen MR) is 119 cm³/mol. The molecule has 3 aromatic rings. The summed E-state index contributed by atoms with van der Waals surface area (Å²) in [4.78, 5) is 27.5. The summed E-state index contributed by atoms with van der Waals surface area (Å²) in [6.07, 6.45) is 2.08. The smallest absolute Gasteiger partial charge is 0.286 e. The molecule has 0 spiro atoms. The SMILES string of the molecule is Cc1ccc(CC(=O)N2CCC[C@H]2c2nnc(C(=O)Nc3ccc4c(c3)OCO4)s2)cc1. The summed E-state index contributed by atoms with van der Waals surface area (Å²) in [5, 5.41) is 12.1. The van der Waals surface area contributed by atoms with E-state index in [9.17, 15) is 9.59 Å². The number of aromatic nitrogens is 2. The molecular weight excluding hydrogens is 428 g/mol. The summed E-state index contributed by atoms with van der Waals surface area (Å²) in [7, 11) is 0. The minimum Gasteiger partial charge on any atom is -0.454 e. The van der Waals surface area contributed by atoms with E-state index in [2.05, 4.69) is 15.5 Å². The van der Waals surface area contributed by atoms with Crippen molar-refractivity contribution in [3.8, 4) is 11.5 Å². The fourth-order valence-electron chi connectivity index (χ4n) is 3.92. The number of benzene rings is 2. The van der Waals surface area contributed by atoms with E-state index in [0.29, 0.717) is 35.2 Å². The third-order valence-electron chi connectivity index (χ3n) is 5.60. The van der Waals surface area contributed by atoms with Crippen LogP contribution in [0.15, 0.2) is 42.5 Å². The van der Waals surface area contributed by atoms with Gasteiger partial charge in [0, 0.05) is 18.3 Å². The number of nitrogens with one attached hydrogen (secondary N) is 1. The molecule has 0 saturated carbocycles. The number of hydrogen-bond acceptors (Lipinski definition) is 7. The molecule has 9 heteroatoms. The van der Waals surface area contributed by atoms with Gasteiger partial charge in [0.25, 0.3) is 5.91 Å². The molecule has 0 bridgehead atoms. The molecule has 0 aliphatic carbocycles. The van der Waals surface area contributed by atoms with Crippen molar-refractivity contribution in [2.24, 2.45) is 0 Å². The monoisotopic (exact) mass is 450 g/mol. The first-order valence-electron chi connectivity index (χ1n) is 10.5. The maximum absolute atomic E-state index is 12.9. The topological polar surface area (TPSA) is 93.7 Å². The lowest BCUT2D eigenvalue weighted by atomic mass is 10.1. The van der Waals surface area contributed by atoms with Gasteiger partial charge in [-0.2, -0.15) is 0 Å². The summed E-state index contributed by atoms with van der Waals surface area (Å²) in [6.45, 7) is 2.89. The number of anilines is 1. The predicted octanol–water partition coefficient (Wildman–Crippen LogP) is 3.73. The fourth-order valence-corrected chi connectivity index (χ4v) is 4.81. The van der Waals surface area contributed by atoms with Gasteiger partial charge in [0.15, 0.2) is 11.5 Å². The van der Waals surface area contributed by atoms with Crippen LogP contribution in [0.4, 0.5) is 5.69 Å². The molecule has 32 heavy (non-hydrogen) atoms. The van der Waals surface area contributed by atoms with Crippen LogP contribution in [0.5, 0.6) is 11.5 Å². The molecule has 1 saturated heterocycles.